The summed E-state index contributed by atoms with van der Waals surface area (Å²) in [5, 5.41) is 2.44. The fourth-order valence-electron chi connectivity index (χ4n) is 2.33. The van der Waals surface area contributed by atoms with Gasteiger partial charge in [0.25, 0.3) is 0 Å². The van der Waals surface area contributed by atoms with Crippen LogP contribution in [-0.2, 0) is 6.42 Å². The van der Waals surface area contributed by atoms with Crippen LogP contribution >= 0.6 is 23.2 Å². The van der Waals surface area contributed by atoms with Crippen molar-refractivity contribution in [2.75, 3.05) is 0 Å². The van der Waals surface area contributed by atoms with Crippen LogP contribution in [0.2, 0.25) is 10.0 Å². The Bertz CT molecular complexity index is 787. The molecule has 0 spiro atoms. The molecule has 1 unspecified atom stereocenters. The van der Waals surface area contributed by atoms with E-state index in [1.54, 1.807) is 12.1 Å². The predicted molar refractivity (Wildman–Crippen MR) is 88.8 cm³/mol. The molecule has 1 atom stereocenters. The van der Waals surface area contributed by atoms with E-state index in [2.05, 4.69) is 4.98 Å². The van der Waals surface area contributed by atoms with Crippen LogP contribution in [0.5, 0.6) is 0 Å². The smallest absolute Gasteiger partial charge is 0.0706 e. The first-order valence-corrected chi connectivity index (χ1v) is 7.44. The van der Waals surface area contributed by atoms with Gasteiger partial charge in [0.2, 0.25) is 0 Å². The number of benzene rings is 2. The zero-order chi connectivity index (χ0) is 14.8. The van der Waals surface area contributed by atoms with Crippen molar-refractivity contribution in [1.82, 2.24) is 4.98 Å². The summed E-state index contributed by atoms with van der Waals surface area (Å²) in [4.78, 5) is 4.62. The van der Waals surface area contributed by atoms with Crippen LogP contribution in [0.1, 0.15) is 17.3 Å². The number of pyridine rings is 1. The van der Waals surface area contributed by atoms with E-state index < -0.39 is 0 Å². The van der Waals surface area contributed by atoms with E-state index in [4.69, 9.17) is 28.9 Å². The molecule has 3 rings (SSSR count). The van der Waals surface area contributed by atoms with Gasteiger partial charge in [-0.1, -0.05) is 47.5 Å². The van der Waals surface area contributed by atoms with Crippen LogP contribution in [0.3, 0.4) is 0 Å². The highest BCUT2D eigenvalue weighted by Crippen LogP contribution is 2.25. The average molecular weight is 317 g/mol. The molecule has 0 aliphatic carbocycles. The van der Waals surface area contributed by atoms with E-state index in [0.717, 1.165) is 22.2 Å². The number of hydrogen-bond acceptors (Lipinski definition) is 2. The molecule has 0 aliphatic heterocycles. The van der Waals surface area contributed by atoms with Crippen LogP contribution in [0.15, 0.2) is 54.6 Å². The molecule has 2 aromatic carbocycles. The molecule has 0 fully saturated rings. The second-order valence-corrected chi connectivity index (χ2v) is 5.82. The summed E-state index contributed by atoms with van der Waals surface area (Å²) >= 11 is 12.2. The van der Waals surface area contributed by atoms with E-state index in [1.807, 2.05) is 42.5 Å². The number of para-hydroxylation sites is 1. The highest BCUT2D eigenvalue weighted by Gasteiger charge is 2.12. The van der Waals surface area contributed by atoms with Crippen LogP contribution in [0.25, 0.3) is 10.9 Å². The second kappa shape index (κ2) is 6.02. The Morgan fingerprint density at radius 2 is 1.81 bits per heavy atom. The minimum atomic E-state index is -0.217. The maximum atomic E-state index is 6.27. The molecular formula is C17H14Cl2N2. The average Bonchev–Trinajstić information content (AvgIpc) is 2.50. The second-order valence-electron chi connectivity index (χ2n) is 4.98. The molecular weight excluding hydrogens is 303 g/mol. The number of aromatic nitrogens is 1. The molecule has 0 saturated heterocycles. The van der Waals surface area contributed by atoms with Crippen molar-refractivity contribution in [3.63, 3.8) is 0 Å². The maximum absolute atomic E-state index is 6.27. The minimum Gasteiger partial charge on any atom is -0.322 e. The van der Waals surface area contributed by atoms with Gasteiger partial charge < -0.3 is 5.73 Å². The zero-order valence-electron chi connectivity index (χ0n) is 11.3. The minimum absolute atomic E-state index is 0.217. The number of nitrogens with zero attached hydrogens (tertiary/aromatic N) is 1. The van der Waals surface area contributed by atoms with Gasteiger partial charge in [0.05, 0.1) is 17.3 Å². The van der Waals surface area contributed by atoms with Gasteiger partial charge in [-0.2, -0.15) is 0 Å². The Hall–Kier alpha value is -1.61. The molecule has 4 heteroatoms. The fraction of sp³-hybridized carbons (Fsp3) is 0.118. The van der Waals surface area contributed by atoms with E-state index in [0.29, 0.717) is 16.5 Å². The molecule has 1 heterocycles. The largest absolute Gasteiger partial charge is 0.322 e. The summed E-state index contributed by atoms with van der Waals surface area (Å²) in [5.74, 6) is 0. The highest BCUT2D eigenvalue weighted by atomic mass is 35.5. The highest BCUT2D eigenvalue weighted by molar-refractivity contribution is 6.33. The van der Waals surface area contributed by atoms with Crippen molar-refractivity contribution in [2.45, 2.75) is 12.5 Å². The van der Waals surface area contributed by atoms with Crippen LogP contribution in [0.4, 0.5) is 0 Å². The van der Waals surface area contributed by atoms with Gasteiger partial charge in [0.1, 0.15) is 0 Å². The third-order valence-electron chi connectivity index (χ3n) is 3.45. The molecule has 2 N–H and O–H groups in total. The van der Waals surface area contributed by atoms with Crippen molar-refractivity contribution in [3.8, 4) is 0 Å². The monoisotopic (exact) mass is 316 g/mol. The van der Waals surface area contributed by atoms with Crippen molar-refractivity contribution >= 4 is 34.1 Å². The summed E-state index contributed by atoms with van der Waals surface area (Å²) in [6.45, 7) is 0. The summed E-state index contributed by atoms with van der Waals surface area (Å²) in [6.07, 6.45) is 0.602. The molecule has 21 heavy (non-hydrogen) atoms. The van der Waals surface area contributed by atoms with Crippen LogP contribution in [-0.4, -0.2) is 4.98 Å². The van der Waals surface area contributed by atoms with E-state index in [9.17, 15) is 0 Å². The van der Waals surface area contributed by atoms with E-state index >= 15 is 0 Å². The lowest BCUT2D eigenvalue weighted by atomic mass is 10.0. The molecule has 0 aliphatic rings. The standard InChI is InChI=1S/C17H14Cl2N2/c18-13-6-7-14(19)12(9-13)10-15(20)17-8-5-11-3-1-2-4-16(11)21-17/h1-9,15H,10,20H2. The van der Waals surface area contributed by atoms with Gasteiger partial charge in [-0.25, -0.2) is 0 Å². The zero-order valence-corrected chi connectivity index (χ0v) is 12.8. The summed E-state index contributed by atoms with van der Waals surface area (Å²) in [6, 6.07) is 17.2. The van der Waals surface area contributed by atoms with Crippen molar-refractivity contribution in [1.29, 1.82) is 0 Å². The number of hydrogen-bond donors (Lipinski definition) is 1. The summed E-state index contributed by atoms with van der Waals surface area (Å²) in [7, 11) is 0. The number of fused-ring (bicyclic) bond motifs is 1. The lowest BCUT2D eigenvalue weighted by molar-refractivity contribution is 0.700. The first kappa shape index (κ1) is 14.3. The first-order chi connectivity index (χ1) is 10.1. The topological polar surface area (TPSA) is 38.9 Å². The molecule has 2 nitrogen and oxygen atoms in total. The van der Waals surface area contributed by atoms with Crippen molar-refractivity contribution in [3.05, 3.63) is 75.9 Å². The lowest BCUT2D eigenvalue weighted by Gasteiger charge is -2.13. The van der Waals surface area contributed by atoms with Crippen LogP contribution < -0.4 is 5.73 Å². The SMILES string of the molecule is NC(Cc1cc(Cl)ccc1Cl)c1ccc2ccccc2n1. The molecule has 0 radical (unpaired) electrons. The van der Waals surface area contributed by atoms with Gasteiger partial charge in [-0.05, 0) is 42.3 Å². The first-order valence-electron chi connectivity index (χ1n) is 6.69. The van der Waals surface area contributed by atoms with Gasteiger partial charge >= 0.3 is 0 Å². The predicted octanol–water partition coefficient (Wildman–Crippen LogP) is 4.78. The van der Waals surface area contributed by atoms with Crippen LogP contribution in [0, 0.1) is 0 Å². The molecule has 0 bridgehead atoms. The number of rotatable bonds is 3. The quantitative estimate of drug-likeness (QED) is 0.755. The third-order valence-corrected chi connectivity index (χ3v) is 4.05. The van der Waals surface area contributed by atoms with Gasteiger partial charge in [-0.15, -0.1) is 0 Å². The Labute approximate surface area is 133 Å². The van der Waals surface area contributed by atoms with Gasteiger partial charge in [0, 0.05) is 15.4 Å². The van der Waals surface area contributed by atoms with E-state index in [-0.39, 0.29) is 6.04 Å². The maximum Gasteiger partial charge on any atom is 0.0706 e. The van der Waals surface area contributed by atoms with Crippen molar-refractivity contribution in [2.24, 2.45) is 5.73 Å². The molecule has 0 amide bonds. The van der Waals surface area contributed by atoms with Crippen molar-refractivity contribution < 1.29 is 0 Å². The summed E-state index contributed by atoms with van der Waals surface area (Å²) in [5.41, 5.74) is 9.01. The fourth-order valence-corrected chi connectivity index (χ4v) is 2.72. The van der Waals surface area contributed by atoms with Gasteiger partial charge in [-0.3, -0.25) is 4.98 Å². The normalized spacial score (nSPS) is 12.5. The summed E-state index contributed by atoms with van der Waals surface area (Å²) < 4.78 is 0. The lowest BCUT2D eigenvalue weighted by Crippen LogP contribution is -2.15. The Kier molecular flexibility index (Phi) is 4.11. The Morgan fingerprint density at radius 1 is 1.00 bits per heavy atom. The molecule has 0 saturated carbocycles. The Morgan fingerprint density at radius 3 is 2.67 bits per heavy atom. The molecule has 106 valence electrons. The Balaban J connectivity index is 1.89. The number of halogens is 2. The van der Waals surface area contributed by atoms with Gasteiger partial charge in [0.15, 0.2) is 0 Å². The molecule has 3 aromatic rings. The van der Waals surface area contributed by atoms with E-state index in [1.165, 1.54) is 0 Å². The third kappa shape index (κ3) is 3.18. The number of nitrogens with two attached hydrogens (primary N) is 1. The molecule has 1 aromatic heterocycles.